The molecule has 2 heterocycles. The topological polar surface area (TPSA) is 65.5 Å². The van der Waals surface area contributed by atoms with Gasteiger partial charge in [0.1, 0.15) is 0 Å². The molecule has 1 fully saturated rings. The minimum absolute atomic E-state index is 0.111. The number of benzene rings is 2. The number of nitrogens with zero attached hydrogens (tertiary/aromatic N) is 3. The molecule has 0 aliphatic carbocycles. The largest absolute Gasteiger partial charge is 0.348 e. The maximum absolute atomic E-state index is 12.4. The highest BCUT2D eigenvalue weighted by Crippen LogP contribution is 2.29. The first-order chi connectivity index (χ1) is 15.6. The minimum Gasteiger partial charge on any atom is -0.348 e. The number of thiazole rings is 1. The van der Waals surface area contributed by atoms with Crippen LogP contribution < -0.4 is 10.2 Å². The zero-order valence-electron chi connectivity index (χ0n) is 18.0. The average Bonchev–Trinajstić information content (AvgIpc) is 3.43. The summed E-state index contributed by atoms with van der Waals surface area (Å²) in [6.07, 6.45) is 4.15. The van der Waals surface area contributed by atoms with Crippen molar-refractivity contribution in [2.45, 2.75) is 25.9 Å². The van der Waals surface area contributed by atoms with Crippen molar-refractivity contribution < 1.29 is 9.59 Å². The van der Waals surface area contributed by atoms with E-state index in [4.69, 9.17) is 0 Å². The second-order valence-electron chi connectivity index (χ2n) is 7.79. The number of nitrogens with one attached hydrogen (secondary N) is 1. The Morgan fingerprint density at radius 2 is 1.88 bits per heavy atom. The molecular weight excluding hydrogens is 420 g/mol. The highest BCUT2D eigenvalue weighted by molar-refractivity contribution is 7.14. The van der Waals surface area contributed by atoms with Crippen molar-refractivity contribution in [3.63, 3.8) is 0 Å². The average molecular weight is 447 g/mol. The predicted octanol–water partition coefficient (Wildman–Crippen LogP) is 4.23. The normalized spacial score (nSPS) is 16.3. The number of para-hydroxylation sites is 1. The third kappa shape index (κ3) is 5.69. The molecule has 1 atom stereocenters. The quantitative estimate of drug-likeness (QED) is 0.552. The van der Waals surface area contributed by atoms with Crippen molar-refractivity contribution in [1.82, 2.24) is 15.2 Å². The lowest BCUT2D eigenvalue weighted by Gasteiger charge is -2.17. The van der Waals surface area contributed by atoms with Crippen molar-refractivity contribution in [1.29, 1.82) is 0 Å². The number of hydrogen-bond donors (Lipinski definition) is 1. The standard InChI is InChI=1S/C25H26N4O2S/c1-19(30)29(23-10-6-3-7-11-23)25-27-22(18-32-25)12-13-24(31)26-21-14-15-28(17-21)16-20-8-4-2-5-9-20/h2-13,18,21H,14-17H2,1H3,(H,26,31)/b13-12+. The van der Waals surface area contributed by atoms with E-state index < -0.39 is 0 Å². The van der Waals surface area contributed by atoms with Gasteiger partial charge in [-0.15, -0.1) is 11.3 Å². The molecule has 0 spiro atoms. The Morgan fingerprint density at radius 1 is 1.16 bits per heavy atom. The first-order valence-electron chi connectivity index (χ1n) is 10.6. The summed E-state index contributed by atoms with van der Waals surface area (Å²) in [6.45, 7) is 4.23. The van der Waals surface area contributed by atoms with E-state index in [1.165, 1.54) is 29.9 Å². The molecule has 1 N–H and O–H groups in total. The van der Waals surface area contributed by atoms with Crippen LogP contribution in [-0.4, -0.2) is 40.8 Å². The Bertz CT molecular complexity index is 1080. The number of rotatable bonds is 7. The third-order valence-corrected chi connectivity index (χ3v) is 6.15. The molecule has 2 aromatic carbocycles. The Balaban J connectivity index is 1.32. The second kappa shape index (κ2) is 10.3. The summed E-state index contributed by atoms with van der Waals surface area (Å²) in [6, 6.07) is 19.9. The molecule has 0 saturated carbocycles. The minimum atomic E-state index is -0.127. The van der Waals surface area contributed by atoms with Crippen LogP contribution in [0.4, 0.5) is 10.8 Å². The summed E-state index contributed by atoms with van der Waals surface area (Å²) in [5.74, 6) is -0.238. The summed E-state index contributed by atoms with van der Waals surface area (Å²) >= 11 is 1.37. The molecule has 1 aromatic heterocycles. The fourth-order valence-corrected chi connectivity index (χ4v) is 4.66. The Labute approximate surface area is 192 Å². The summed E-state index contributed by atoms with van der Waals surface area (Å²) in [4.78, 5) is 33.0. The van der Waals surface area contributed by atoms with Gasteiger partial charge >= 0.3 is 0 Å². The Hall–Kier alpha value is -3.29. The molecule has 1 aliphatic rings. The first-order valence-corrected chi connectivity index (χ1v) is 11.5. The number of anilines is 2. The maximum Gasteiger partial charge on any atom is 0.244 e. The van der Waals surface area contributed by atoms with Gasteiger partial charge in [-0.1, -0.05) is 48.5 Å². The zero-order valence-corrected chi connectivity index (χ0v) is 18.8. The Morgan fingerprint density at radius 3 is 2.59 bits per heavy atom. The van der Waals surface area contributed by atoms with Gasteiger partial charge in [0.15, 0.2) is 5.13 Å². The first kappa shape index (κ1) is 21.9. The molecule has 1 aliphatic heterocycles. The van der Waals surface area contributed by atoms with Gasteiger partial charge in [0.25, 0.3) is 0 Å². The fraction of sp³-hybridized carbons (Fsp3) is 0.240. The molecule has 0 radical (unpaired) electrons. The zero-order chi connectivity index (χ0) is 22.3. The van der Waals surface area contributed by atoms with Gasteiger partial charge in [-0.25, -0.2) is 4.98 Å². The number of amides is 2. The van der Waals surface area contributed by atoms with E-state index in [1.807, 2.05) is 41.8 Å². The molecule has 7 heteroatoms. The van der Waals surface area contributed by atoms with E-state index in [2.05, 4.69) is 39.5 Å². The van der Waals surface area contributed by atoms with Crippen molar-refractivity contribution in [2.75, 3.05) is 18.0 Å². The number of carbonyl (C=O) groups excluding carboxylic acids is 2. The summed E-state index contributed by atoms with van der Waals surface area (Å²) in [7, 11) is 0. The van der Waals surface area contributed by atoms with Gasteiger partial charge in [-0.2, -0.15) is 0 Å². The second-order valence-corrected chi connectivity index (χ2v) is 8.63. The van der Waals surface area contributed by atoms with Crippen molar-refractivity contribution in [3.8, 4) is 0 Å². The molecule has 4 rings (SSSR count). The van der Waals surface area contributed by atoms with Crippen LogP contribution in [0.15, 0.2) is 72.1 Å². The van der Waals surface area contributed by atoms with E-state index in [9.17, 15) is 9.59 Å². The summed E-state index contributed by atoms with van der Waals surface area (Å²) < 4.78 is 0. The van der Waals surface area contributed by atoms with Crippen molar-refractivity contribution in [3.05, 3.63) is 83.4 Å². The molecule has 1 saturated heterocycles. The molecule has 0 bridgehead atoms. The Kier molecular flexibility index (Phi) is 7.09. The van der Waals surface area contributed by atoms with E-state index in [-0.39, 0.29) is 17.9 Å². The van der Waals surface area contributed by atoms with E-state index in [0.29, 0.717) is 10.8 Å². The van der Waals surface area contributed by atoms with Gasteiger partial charge in [-0.3, -0.25) is 19.4 Å². The lowest BCUT2D eigenvalue weighted by Crippen LogP contribution is -2.35. The van der Waals surface area contributed by atoms with Crippen molar-refractivity contribution in [2.24, 2.45) is 0 Å². The van der Waals surface area contributed by atoms with E-state index >= 15 is 0 Å². The number of likely N-dealkylation sites (tertiary alicyclic amines) is 1. The fourth-order valence-electron chi connectivity index (χ4n) is 3.81. The lowest BCUT2D eigenvalue weighted by molar-refractivity contribution is -0.117. The molecule has 2 amide bonds. The smallest absolute Gasteiger partial charge is 0.244 e. The van der Waals surface area contributed by atoms with Crippen LogP contribution in [0.25, 0.3) is 6.08 Å². The summed E-state index contributed by atoms with van der Waals surface area (Å²) in [5, 5.41) is 5.50. The monoisotopic (exact) mass is 446 g/mol. The van der Waals surface area contributed by atoms with Gasteiger partial charge in [0, 0.05) is 44.1 Å². The predicted molar refractivity (Wildman–Crippen MR) is 129 cm³/mol. The molecule has 32 heavy (non-hydrogen) atoms. The van der Waals surface area contributed by atoms with Crippen LogP contribution in [0, 0.1) is 0 Å². The summed E-state index contributed by atoms with van der Waals surface area (Å²) in [5.41, 5.74) is 2.71. The van der Waals surface area contributed by atoms with Crippen LogP contribution in [0.1, 0.15) is 24.6 Å². The van der Waals surface area contributed by atoms with Gasteiger partial charge in [-0.05, 0) is 30.2 Å². The van der Waals surface area contributed by atoms with Gasteiger partial charge in [0.05, 0.1) is 11.4 Å². The highest BCUT2D eigenvalue weighted by Gasteiger charge is 2.23. The molecular formula is C25H26N4O2S. The van der Waals surface area contributed by atoms with Crippen LogP contribution in [0.3, 0.4) is 0 Å². The SMILES string of the molecule is CC(=O)N(c1ccccc1)c1nc(/C=C/C(=O)NC2CCN(Cc3ccccc3)C2)cs1. The van der Waals surface area contributed by atoms with Crippen LogP contribution in [0.5, 0.6) is 0 Å². The number of carbonyl (C=O) groups is 2. The highest BCUT2D eigenvalue weighted by atomic mass is 32.1. The van der Waals surface area contributed by atoms with Gasteiger partial charge < -0.3 is 5.32 Å². The lowest BCUT2D eigenvalue weighted by atomic mass is 10.2. The van der Waals surface area contributed by atoms with E-state index in [1.54, 1.807) is 11.0 Å². The molecule has 1 unspecified atom stereocenters. The maximum atomic E-state index is 12.4. The molecule has 164 valence electrons. The van der Waals surface area contributed by atoms with E-state index in [0.717, 1.165) is 31.7 Å². The van der Waals surface area contributed by atoms with Gasteiger partial charge in [0.2, 0.25) is 11.8 Å². The third-order valence-electron chi connectivity index (χ3n) is 5.30. The van der Waals surface area contributed by atoms with Crippen LogP contribution >= 0.6 is 11.3 Å². The molecule has 3 aromatic rings. The molecule has 6 nitrogen and oxygen atoms in total. The van der Waals surface area contributed by atoms with Crippen molar-refractivity contribution >= 4 is 40.0 Å². The number of hydrogen-bond acceptors (Lipinski definition) is 5. The number of aromatic nitrogens is 1. The van der Waals surface area contributed by atoms with Crippen LogP contribution in [0.2, 0.25) is 0 Å². The van der Waals surface area contributed by atoms with Crippen LogP contribution in [-0.2, 0) is 16.1 Å².